The average Bonchev–Trinajstić information content (AvgIpc) is 2.63. The van der Waals surface area contributed by atoms with E-state index >= 15 is 0 Å². The number of methoxy groups -OCH3 is 1. The van der Waals surface area contributed by atoms with Gasteiger partial charge in [0.1, 0.15) is 0 Å². The van der Waals surface area contributed by atoms with Crippen molar-refractivity contribution in [3.8, 4) is 0 Å². The van der Waals surface area contributed by atoms with Gasteiger partial charge in [-0.2, -0.15) is 0 Å². The van der Waals surface area contributed by atoms with E-state index in [4.69, 9.17) is 9.47 Å². The minimum absolute atomic E-state index is 0. The molecule has 0 bridgehead atoms. The third-order valence-electron chi connectivity index (χ3n) is 3.31. The number of nitrogens with zero attached hydrogens (tertiary/aromatic N) is 1. The minimum atomic E-state index is -3.55. The number of halogens is 1. The van der Waals surface area contributed by atoms with Crippen molar-refractivity contribution in [1.82, 2.24) is 15.4 Å². The molecule has 0 aliphatic carbocycles. The van der Waals surface area contributed by atoms with Crippen LogP contribution < -0.4 is 15.4 Å². The molecule has 0 amide bonds. The van der Waals surface area contributed by atoms with Gasteiger partial charge in [-0.05, 0) is 31.5 Å². The molecule has 0 aliphatic heterocycles. The van der Waals surface area contributed by atoms with Gasteiger partial charge in [0.15, 0.2) is 5.96 Å². The van der Waals surface area contributed by atoms with Crippen LogP contribution in [0.25, 0.3) is 0 Å². The second-order valence-electron chi connectivity index (χ2n) is 5.36. The molecule has 1 rings (SSSR count). The van der Waals surface area contributed by atoms with E-state index in [1.807, 2.05) is 19.9 Å². The molecule has 0 heterocycles. The summed E-state index contributed by atoms with van der Waals surface area (Å²) in [6.45, 7) is 7.51. The highest BCUT2D eigenvalue weighted by Gasteiger charge is 2.13. The van der Waals surface area contributed by atoms with Crippen LogP contribution in [0.15, 0.2) is 34.2 Å². The summed E-state index contributed by atoms with van der Waals surface area (Å²) >= 11 is 0. The maximum absolute atomic E-state index is 12.3. The molecule has 0 aromatic heterocycles. The highest BCUT2D eigenvalue weighted by molar-refractivity contribution is 14.0. The monoisotopic (exact) mass is 514 g/mol. The van der Waals surface area contributed by atoms with E-state index in [1.54, 1.807) is 18.2 Å². The summed E-state index contributed by atoms with van der Waals surface area (Å²) in [7, 11) is -2.03. The molecule has 0 saturated heterocycles. The van der Waals surface area contributed by atoms with E-state index in [-0.39, 0.29) is 35.4 Å². The highest BCUT2D eigenvalue weighted by atomic mass is 127. The first-order valence-electron chi connectivity index (χ1n) is 8.71. The van der Waals surface area contributed by atoms with E-state index in [0.717, 1.165) is 12.1 Å². The van der Waals surface area contributed by atoms with E-state index in [0.29, 0.717) is 38.9 Å². The number of guanidine groups is 1. The Balaban J connectivity index is 0.00000676. The Morgan fingerprint density at radius 3 is 2.59 bits per heavy atom. The van der Waals surface area contributed by atoms with Crippen molar-refractivity contribution in [2.24, 2.45) is 4.99 Å². The summed E-state index contributed by atoms with van der Waals surface area (Å²) in [5.74, 6) is 0.665. The molecule has 1 aromatic carbocycles. The number of aliphatic imine (C=N–C) groups is 1. The van der Waals surface area contributed by atoms with Crippen LogP contribution in [0.3, 0.4) is 0 Å². The zero-order chi connectivity index (χ0) is 19.3. The van der Waals surface area contributed by atoms with Crippen molar-refractivity contribution in [3.63, 3.8) is 0 Å². The van der Waals surface area contributed by atoms with Crippen LogP contribution in [0.4, 0.5) is 0 Å². The number of nitrogens with one attached hydrogen (secondary N) is 3. The number of benzene rings is 1. The summed E-state index contributed by atoms with van der Waals surface area (Å²) in [4.78, 5) is 4.70. The molecule has 0 radical (unpaired) electrons. The predicted molar refractivity (Wildman–Crippen MR) is 118 cm³/mol. The van der Waals surface area contributed by atoms with Crippen molar-refractivity contribution in [2.45, 2.75) is 25.3 Å². The van der Waals surface area contributed by atoms with Crippen molar-refractivity contribution in [1.29, 1.82) is 0 Å². The number of ether oxygens (including phenoxy) is 2. The first-order valence-corrected chi connectivity index (χ1v) is 10.2. The standard InChI is InChI=1S/C17H30N4O4S.HI/c1-4-18-17(19-9-12-25-5-2)20-14-15-7-6-8-16(13-15)26(22,23)21-10-11-24-3;/h6-8,13,21H,4-5,9-12,14H2,1-3H3,(H2,18,19,20);1H. The number of hydrogen-bond acceptors (Lipinski definition) is 5. The highest BCUT2D eigenvalue weighted by Crippen LogP contribution is 2.12. The molecule has 156 valence electrons. The lowest BCUT2D eigenvalue weighted by molar-refractivity contribution is 0.152. The van der Waals surface area contributed by atoms with Crippen molar-refractivity contribution < 1.29 is 17.9 Å². The fourth-order valence-corrected chi connectivity index (χ4v) is 3.15. The third kappa shape index (κ3) is 10.8. The quantitative estimate of drug-likeness (QED) is 0.168. The summed E-state index contributed by atoms with van der Waals surface area (Å²) < 4.78 is 37.2. The van der Waals surface area contributed by atoms with E-state index < -0.39 is 10.0 Å². The minimum Gasteiger partial charge on any atom is -0.383 e. The third-order valence-corrected chi connectivity index (χ3v) is 4.77. The van der Waals surface area contributed by atoms with Gasteiger partial charge in [0.2, 0.25) is 10.0 Å². The second-order valence-corrected chi connectivity index (χ2v) is 7.12. The van der Waals surface area contributed by atoms with Gasteiger partial charge in [0, 0.05) is 33.4 Å². The molecule has 1 aromatic rings. The van der Waals surface area contributed by atoms with Gasteiger partial charge in [-0.15, -0.1) is 24.0 Å². The molecule has 10 heteroatoms. The maximum Gasteiger partial charge on any atom is 0.240 e. The molecule has 0 aliphatic rings. The van der Waals surface area contributed by atoms with Crippen molar-refractivity contribution in [3.05, 3.63) is 29.8 Å². The van der Waals surface area contributed by atoms with E-state index in [9.17, 15) is 8.42 Å². The van der Waals surface area contributed by atoms with Gasteiger partial charge in [0.05, 0.1) is 24.7 Å². The van der Waals surface area contributed by atoms with Crippen LogP contribution in [0.5, 0.6) is 0 Å². The van der Waals surface area contributed by atoms with Crippen LogP contribution in [0, 0.1) is 0 Å². The van der Waals surface area contributed by atoms with Crippen LogP contribution in [-0.4, -0.2) is 60.9 Å². The van der Waals surface area contributed by atoms with E-state index in [1.165, 1.54) is 7.11 Å². The Hall–Kier alpha value is -0.950. The normalized spacial score (nSPS) is 11.7. The van der Waals surface area contributed by atoms with Crippen LogP contribution in [0.2, 0.25) is 0 Å². The second kappa shape index (κ2) is 15.0. The smallest absolute Gasteiger partial charge is 0.240 e. The fourth-order valence-electron chi connectivity index (χ4n) is 2.07. The molecule has 3 N–H and O–H groups in total. The first-order chi connectivity index (χ1) is 12.5. The zero-order valence-electron chi connectivity index (χ0n) is 16.2. The number of hydrogen-bond donors (Lipinski definition) is 3. The first kappa shape index (κ1) is 26.1. The summed E-state index contributed by atoms with van der Waals surface area (Å²) in [6, 6.07) is 6.75. The van der Waals surface area contributed by atoms with Gasteiger partial charge in [-0.1, -0.05) is 12.1 Å². The Kier molecular flexibility index (Phi) is 14.5. The molecule has 0 saturated carbocycles. The lowest BCUT2D eigenvalue weighted by Crippen LogP contribution is -2.39. The Labute approximate surface area is 179 Å². The lowest BCUT2D eigenvalue weighted by Gasteiger charge is -2.11. The van der Waals surface area contributed by atoms with Gasteiger partial charge >= 0.3 is 0 Å². The summed E-state index contributed by atoms with van der Waals surface area (Å²) in [5.41, 5.74) is 0.807. The van der Waals surface area contributed by atoms with E-state index in [2.05, 4.69) is 20.3 Å². The van der Waals surface area contributed by atoms with Crippen LogP contribution in [0.1, 0.15) is 19.4 Å². The molecule has 0 fully saturated rings. The molecular formula is C17H31IN4O4S. The summed E-state index contributed by atoms with van der Waals surface area (Å²) in [5, 5.41) is 6.32. The maximum atomic E-state index is 12.3. The average molecular weight is 514 g/mol. The Morgan fingerprint density at radius 1 is 1.15 bits per heavy atom. The Bertz CT molecular complexity index is 656. The number of rotatable bonds is 12. The van der Waals surface area contributed by atoms with Gasteiger partial charge < -0.3 is 20.1 Å². The molecular weight excluding hydrogens is 483 g/mol. The zero-order valence-corrected chi connectivity index (χ0v) is 19.3. The largest absolute Gasteiger partial charge is 0.383 e. The van der Waals surface area contributed by atoms with Gasteiger partial charge in [-0.25, -0.2) is 18.1 Å². The lowest BCUT2D eigenvalue weighted by atomic mass is 10.2. The molecule has 0 unspecified atom stereocenters. The molecule has 0 atom stereocenters. The topological polar surface area (TPSA) is 101 Å². The van der Waals surface area contributed by atoms with Gasteiger partial charge in [-0.3, -0.25) is 0 Å². The number of sulfonamides is 1. The van der Waals surface area contributed by atoms with Crippen LogP contribution in [-0.2, 0) is 26.0 Å². The van der Waals surface area contributed by atoms with Gasteiger partial charge in [0.25, 0.3) is 0 Å². The predicted octanol–water partition coefficient (Wildman–Crippen LogP) is 1.32. The molecule has 27 heavy (non-hydrogen) atoms. The summed E-state index contributed by atoms with van der Waals surface area (Å²) in [6.07, 6.45) is 0. The molecule has 0 spiro atoms. The Morgan fingerprint density at radius 2 is 1.93 bits per heavy atom. The SMILES string of the molecule is CCNC(=NCc1cccc(S(=O)(=O)NCCOC)c1)NCCOCC.I. The molecule has 8 nitrogen and oxygen atoms in total. The van der Waals surface area contributed by atoms with Crippen LogP contribution >= 0.6 is 24.0 Å². The van der Waals surface area contributed by atoms with Crippen molar-refractivity contribution >= 4 is 40.0 Å². The van der Waals surface area contributed by atoms with Crippen molar-refractivity contribution in [2.75, 3.05) is 46.6 Å². The fraction of sp³-hybridized carbons (Fsp3) is 0.588.